The zero-order valence-corrected chi connectivity index (χ0v) is 24.7. The second-order valence-electron chi connectivity index (χ2n) is 11.3. The number of aromatic nitrogens is 4. The van der Waals surface area contributed by atoms with Crippen molar-refractivity contribution in [1.29, 1.82) is 0 Å². The molecule has 8 aromatic rings. The van der Waals surface area contributed by atoms with Gasteiger partial charge >= 0.3 is 0 Å². The summed E-state index contributed by atoms with van der Waals surface area (Å²) in [6.07, 6.45) is 1.86. The number of pyridine rings is 1. The highest BCUT2D eigenvalue weighted by atomic mass is 16.5. The van der Waals surface area contributed by atoms with Crippen LogP contribution >= 0.6 is 0 Å². The maximum absolute atomic E-state index is 6.54. The maximum atomic E-state index is 6.54. The van der Waals surface area contributed by atoms with Gasteiger partial charge in [-0.05, 0) is 48.5 Å². The first-order chi connectivity index (χ1) is 22.8. The van der Waals surface area contributed by atoms with Crippen molar-refractivity contribution in [3.05, 3.63) is 158 Å². The van der Waals surface area contributed by atoms with Gasteiger partial charge in [0.15, 0.2) is 5.82 Å². The Kier molecular flexibility index (Phi) is 6.06. The summed E-state index contributed by atoms with van der Waals surface area (Å²) in [6.45, 7) is 0. The fourth-order valence-corrected chi connectivity index (χ4v) is 6.40. The Balaban J connectivity index is 1.30. The lowest BCUT2D eigenvalue weighted by Crippen LogP contribution is -2.00. The molecule has 0 radical (unpaired) electrons. The van der Waals surface area contributed by atoms with Gasteiger partial charge in [0.1, 0.15) is 17.1 Å². The van der Waals surface area contributed by atoms with E-state index in [4.69, 9.17) is 19.7 Å². The standard InChI is InChI=1S/C41H26N4O/c1-3-13-27(14-4-1)34-26-35(44-40(43-34)28-15-5-2-6-16-28)29-17-11-18-30(25-29)45-39-32-20-8-10-23-37(32)46-36-22-9-7-19-31(36)38(39)33-21-12-24-42-41(33)45/h1-26H. The van der Waals surface area contributed by atoms with Crippen molar-refractivity contribution in [1.82, 2.24) is 19.5 Å². The van der Waals surface area contributed by atoms with Crippen LogP contribution in [0.3, 0.4) is 0 Å². The molecule has 0 bridgehead atoms. The van der Waals surface area contributed by atoms with Crippen LogP contribution in [-0.4, -0.2) is 19.5 Å². The number of hydrogen-bond donors (Lipinski definition) is 0. The molecule has 9 rings (SSSR count). The summed E-state index contributed by atoms with van der Waals surface area (Å²) in [5.74, 6) is 2.32. The van der Waals surface area contributed by atoms with E-state index in [0.29, 0.717) is 5.82 Å². The van der Waals surface area contributed by atoms with Crippen LogP contribution in [0.4, 0.5) is 0 Å². The van der Waals surface area contributed by atoms with E-state index in [9.17, 15) is 0 Å². The lowest BCUT2D eigenvalue weighted by molar-refractivity contribution is 0.487. The summed E-state index contributed by atoms with van der Waals surface area (Å²) in [5, 5.41) is 1.07. The summed E-state index contributed by atoms with van der Waals surface area (Å²) in [7, 11) is 0. The van der Waals surface area contributed by atoms with Crippen molar-refractivity contribution in [2.24, 2.45) is 0 Å². The summed E-state index contributed by atoms with van der Waals surface area (Å²) in [5.41, 5.74) is 10.8. The number of hydrogen-bond acceptors (Lipinski definition) is 4. The largest absolute Gasteiger partial charge is 0.456 e. The zero-order chi connectivity index (χ0) is 30.5. The quantitative estimate of drug-likeness (QED) is 0.205. The first kappa shape index (κ1) is 26.1. The van der Waals surface area contributed by atoms with Crippen LogP contribution in [-0.2, 0) is 0 Å². The van der Waals surface area contributed by atoms with Crippen molar-refractivity contribution < 1.29 is 4.74 Å². The molecule has 3 aromatic heterocycles. The second kappa shape index (κ2) is 10.7. The van der Waals surface area contributed by atoms with Crippen molar-refractivity contribution in [2.75, 3.05) is 0 Å². The predicted molar refractivity (Wildman–Crippen MR) is 184 cm³/mol. The van der Waals surface area contributed by atoms with Gasteiger partial charge in [-0.2, -0.15) is 0 Å². The summed E-state index contributed by atoms with van der Waals surface area (Å²) < 4.78 is 8.80. The van der Waals surface area contributed by atoms with Gasteiger partial charge in [-0.25, -0.2) is 15.0 Å². The molecular formula is C41H26N4O. The molecule has 0 aliphatic carbocycles. The number of ether oxygens (including phenoxy) is 1. The highest BCUT2D eigenvalue weighted by molar-refractivity contribution is 6.07. The third kappa shape index (κ3) is 4.29. The second-order valence-corrected chi connectivity index (χ2v) is 11.3. The molecule has 5 heteroatoms. The molecule has 0 amide bonds. The molecule has 4 heterocycles. The van der Waals surface area contributed by atoms with Gasteiger partial charge in [0.25, 0.3) is 0 Å². The average molecular weight is 591 g/mol. The molecule has 46 heavy (non-hydrogen) atoms. The summed E-state index contributed by atoms with van der Waals surface area (Å²) in [4.78, 5) is 15.0. The van der Waals surface area contributed by atoms with E-state index < -0.39 is 0 Å². The number of benzene rings is 5. The molecule has 216 valence electrons. The molecule has 0 N–H and O–H groups in total. The molecule has 5 aromatic carbocycles. The van der Waals surface area contributed by atoms with E-state index in [-0.39, 0.29) is 0 Å². The Morgan fingerprint density at radius 2 is 1.13 bits per heavy atom. The molecule has 5 nitrogen and oxygen atoms in total. The molecule has 1 aliphatic heterocycles. The van der Waals surface area contributed by atoms with Gasteiger partial charge < -0.3 is 4.74 Å². The van der Waals surface area contributed by atoms with E-state index in [2.05, 4.69) is 89.5 Å². The Morgan fingerprint density at radius 3 is 1.91 bits per heavy atom. The molecule has 0 unspecified atom stereocenters. The summed E-state index contributed by atoms with van der Waals surface area (Å²) >= 11 is 0. The molecule has 1 aliphatic rings. The smallest absolute Gasteiger partial charge is 0.160 e. The van der Waals surface area contributed by atoms with Gasteiger partial charge in [-0.15, -0.1) is 0 Å². The summed E-state index contributed by atoms with van der Waals surface area (Å²) in [6, 6.07) is 51.6. The number of rotatable bonds is 4. The van der Waals surface area contributed by atoms with Crippen molar-refractivity contribution in [3.8, 4) is 73.5 Å². The Hall–Kier alpha value is -6.33. The van der Waals surface area contributed by atoms with Crippen LogP contribution < -0.4 is 4.74 Å². The van der Waals surface area contributed by atoms with Crippen molar-refractivity contribution in [3.63, 3.8) is 0 Å². The van der Waals surface area contributed by atoms with Gasteiger partial charge in [-0.3, -0.25) is 4.57 Å². The topological polar surface area (TPSA) is 52.8 Å². The first-order valence-electron chi connectivity index (χ1n) is 15.3. The zero-order valence-electron chi connectivity index (χ0n) is 24.7. The molecule has 0 atom stereocenters. The lowest BCUT2D eigenvalue weighted by Gasteiger charge is -2.15. The first-order valence-corrected chi connectivity index (χ1v) is 15.3. The van der Waals surface area contributed by atoms with Crippen LogP contribution in [0.2, 0.25) is 0 Å². The Labute approximate surface area is 266 Å². The molecule has 0 spiro atoms. The van der Waals surface area contributed by atoms with E-state index in [1.54, 1.807) is 0 Å². The molecule has 0 saturated heterocycles. The molecule has 0 fully saturated rings. The molecular weight excluding hydrogens is 564 g/mol. The van der Waals surface area contributed by atoms with Gasteiger partial charge in [-0.1, -0.05) is 103 Å². The minimum Gasteiger partial charge on any atom is -0.456 e. The third-order valence-electron chi connectivity index (χ3n) is 8.47. The maximum Gasteiger partial charge on any atom is 0.160 e. The van der Waals surface area contributed by atoms with Crippen molar-refractivity contribution in [2.45, 2.75) is 0 Å². The van der Waals surface area contributed by atoms with Crippen LogP contribution in [0.25, 0.3) is 73.0 Å². The number of fused-ring (bicyclic) bond motifs is 7. The normalized spacial score (nSPS) is 11.7. The third-order valence-corrected chi connectivity index (χ3v) is 8.47. The highest BCUT2D eigenvalue weighted by Gasteiger charge is 2.28. The van der Waals surface area contributed by atoms with E-state index in [1.165, 1.54) is 0 Å². The SMILES string of the molecule is c1ccc(-c2cc(-c3cccc(-n4c5c(c6cccnc64)-c4ccccc4Oc4ccccc4-5)c3)nc(-c3ccccc3)n2)cc1. The lowest BCUT2D eigenvalue weighted by atomic mass is 9.99. The van der Waals surface area contributed by atoms with E-state index in [0.717, 1.165) is 78.7 Å². The van der Waals surface area contributed by atoms with E-state index >= 15 is 0 Å². The van der Waals surface area contributed by atoms with Crippen LogP contribution in [0.1, 0.15) is 0 Å². The van der Waals surface area contributed by atoms with E-state index in [1.807, 2.05) is 72.9 Å². The van der Waals surface area contributed by atoms with Crippen LogP contribution in [0, 0.1) is 0 Å². The Bertz CT molecular complexity index is 2340. The Morgan fingerprint density at radius 1 is 0.500 bits per heavy atom. The minimum absolute atomic E-state index is 0.687. The fourth-order valence-electron chi connectivity index (χ4n) is 6.40. The van der Waals surface area contributed by atoms with Gasteiger partial charge in [0, 0.05) is 50.7 Å². The van der Waals surface area contributed by atoms with Crippen LogP contribution in [0.15, 0.2) is 158 Å². The van der Waals surface area contributed by atoms with Gasteiger partial charge in [0.05, 0.1) is 17.1 Å². The van der Waals surface area contributed by atoms with Crippen LogP contribution in [0.5, 0.6) is 11.5 Å². The van der Waals surface area contributed by atoms with Crippen molar-refractivity contribution >= 4 is 11.0 Å². The monoisotopic (exact) mass is 590 g/mol. The highest BCUT2D eigenvalue weighted by Crippen LogP contribution is 2.51. The number of para-hydroxylation sites is 2. The predicted octanol–water partition coefficient (Wildman–Crippen LogP) is 10.3. The molecule has 0 saturated carbocycles. The number of nitrogens with zero attached hydrogens (tertiary/aromatic N) is 4. The van der Waals surface area contributed by atoms with Gasteiger partial charge in [0.2, 0.25) is 0 Å². The minimum atomic E-state index is 0.687. The average Bonchev–Trinajstić information content (AvgIpc) is 3.40. The fraction of sp³-hybridized carbons (Fsp3) is 0.